The van der Waals surface area contributed by atoms with Gasteiger partial charge >= 0.3 is 0 Å². The number of anilines is 1. The first-order valence-electron chi connectivity index (χ1n) is 8.29. The molecular weight excluding hydrogens is 244 g/mol. The molecule has 4 N–H and O–H groups in total. The molecule has 0 spiro atoms. The van der Waals surface area contributed by atoms with Crippen molar-refractivity contribution in [2.24, 2.45) is 35.3 Å². The van der Waals surface area contributed by atoms with Crippen molar-refractivity contribution < 1.29 is 0 Å². The van der Waals surface area contributed by atoms with Crippen molar-refractivity contribution in [1.29, 1.82) is 0 Å². The second-order valence-electron chi connectivity index (χ2n) is 7.57. The number of benzene rings is 1. The first-order valence-corrected chi connectivity index (χ1v) is 8.29. The van der Waals surface area contributed by atoms with E-state index < -0.39 is 0 Å². The van der Waals surface area contributed by atoms with Gasteiger partial charge in [0.25, 0.3) is 0 Å². The van der Waals surface area contributed by atoms with Crippen molar-refractivity contribution in [3.05, 3.63) is 29.8 Å². The minimum absolute atomic E-state index is 0.301. The lowest BCUT2D eigenvalue weighted by molar-refractivity contribution is -0.0464. The van der Waals surface area contributed by atoms with Crippen LogP contribution in [0.25, 0.3) is 0 Å². The van der Waals surface area contributed by atoms with Gasteiger partial charge in [-0.1, -0.05) is 18.2 Å². The molecule has 1 atom stereocenters. The van der Waals surface area contributed by atoms with Gasteiger partial charge in [0.05, 0.1) is 0 Å². The summed E-state index contributed by atoms with van der Waals surface area (Å²) in [7, 11) is 0. The minimum Gasteiger partial charge on any atom is -0.399 e. The molecule has 0 amide bonds. The Kier molecular flexibility index (Phi) is 3.03. The molecule has 0 radical (unpaired) electrons. The average molecular weight is 270 g/mol. The summed E-state index contributed by atoms with van der Waals surface area (Å²) in [6, 6.07) is 8.53. The third kappa shape index (κ3) is 2.05. The van der Waals surface area contributed by atoms with Gasteiger partial charge in [-0.25, -0.2) is 0 Å². The topological polar surface area (TPSA) is 52.0 Å². The van der Waals surface area contributed by atoms with Gasteiger partial charge in [0, 0.05) is 11.7 Å². The third-order valence-corrected chi connectivity index (χ3v) is 6.30. The Morgan fingerprint density at radius 3 is 2.15 bits per heavy atom. The van der Waals surface area contributed by atoms with Crippen LogP contribution in [0.1, 0.15) is 37.7 Å². The Balaban J connectivity index is 1.51. The Bertz CT molecular complexity index is 468. The molecule has 20 heavy (non-hydrogen) atoms. The molecule has 1 unspecified atom stereocenters. The van der Waals surface area contributed by atoms with E-state index in [0.29, 0.717) is 6.04 Å². The lowest BCUT2D eigenvalue weighted by atomic mass is 9.50. The number of para-hydroxylation sites is 1. The second-order valence-corrected chi connectivity index (χ2v) is 7.57. The molecule has 0 saturated heterocycles. The highest BCUT2D eigenvalue weighted by atomic mass is 14.7. The van der Waals surface area contributed by atoms with Gasteiger partial charge in [0.2, 0.25) is 0 Å². The Morgan fingerprint density at radius 2 is 1.55 bits per heavy atom. The summed E-state index contributed by atoms with van der Waals surface area (Å²) in [5.74, 6) is 4.63. The standard InChI is InChI=1S/C18H26N2/c19-16-4-2-1-3-13(16)10-17(20)18-14-6-11-5-12(8-14)9-15(18)7-11/h1-4,11-12,14-15,17-18H,5-10,19-20H2. The summed E-state index contributed by atoms with van der Waals surface area (Å²) in [6.07, 6.45) is 8.29. The van der Waals surface area contributed by atoms with Gasteiger partial charge in [0.15, 0.2) is 0 Å². The zero-order chi connectivity index (χ0) is 13.7. The summed E-state index contributed by atoms with van der Waals surface area (Å²) < 4.78 is 0. The zero-order valence-corrected chi connectivity index (χ0v) is 12.2. The van der Waals surface area contributed by atoms with Gasteiger partial charge in [0.1, 0.15) is 0 Å². The fourth-order valence-electron chi connectivity index (χ4n) is 5.78. The number of hydrogen-bond acceptors (Lipinski definition) is 2. The van der Waals surface area contributed by atoms with Crippen molar-refractivity contribution in [3.8, 4) is 0 Å². The molecule has 0 aromatic heterocycles. The predicted octanol–water partition coefficient (Wildman–Crippen LogP) is 3.21. The normalized spacial score (nSPS) is 40.0. The van der Waals surface area contributed by atoms with Crippen molar-refractivity contribution in [1.82, 2.24) is 0 Å². The van der Waals surface area contributed by atoms with E-state index in [1.165, 1.54) is 37.7 Å². The van der Waals surface area contributed by atoms with Crippen molar-refractivity contribution in [2.75, 3.05) is 5.73 Å². The van der Waals surface area contributed by atoms with Crippen LogP contribution in [0.4, 0.5) is 5.69 Å². The van der Waals surface area contributed by atoms with Crippen LogP contribution in [0.5, 0.6) is 0 Å². The lowest BCUT2D eigenvalue weighted by Gasteiger charge is -2.56. The first kappa shape index (κ1) is 12.7. The molecule has 4 aliphatic carbocycles. The average Bonchev–Trinajstić information content (AvgIpc) is 2.40. The summed E-state index contributed by atoms with van der Waals surface area (Å²) >= 11 is 0. The van der Waals surface area contributed by atoms with Crippen LogP contribution < -0.4 is 11.5 Å². The molecule has 4 bridgehead atoms. The molecule has 4 saturated carbocycles. The van der Waals surface area contributed by atoms with E-state index in [4.69, 9.17) is 11.5 Å². The number of hydrogen-bond donors (Lipinski definition) is 2. The van der Waals surface area contributed by atoms with Crippen molar-refractivity contribution in [3.63, 3.8) is 0 Å². The maximum Gasteiger partial charge on any atom is 0.0347 e. The highest BCUT2D eigenvalue weighted by molar-refractivity contribution is 5.46. The zero-order valence-electron chi connectivity index (χ0n) is 12.2. The van der Waals surface area contributed by atoms with Crippen LogP contribution in [0, 0.1) is 29.6 Å². The molecule has 108 valence electrons. The quantitative estimate of drug-likeness (QED) is 0.829. The molecule has 0 heterocycles. The van der Waals surface area contributed by atoms with Gasteiger partial charge in [-0.3, -0.25) is 0 Å². The predicted molar refractivity (Wildman–Crippen MR) is 83.1 cm³/mol. The minimum atomic E-state index is 0.301. The number of nitrogens with two attached hydrogens (primary N) is 2. The van der Waals surface area contributed by atoms with E-state index in [9.17, 15) is 0 Å². The molecule has 4 aliphatic rings. The van der Waals surface area contributed by atoms with Gasteiger partial charge in [-0.05, 0) is 79.7 Å². The largest absolute Gasteiger partial charge is 0.399 e. The molecule has 1 aromatic carbocycles. The first-order chi connectivity index (χ1) is 9.70. The summed E-state index contributed by atoms with van der Waals surface area (Å²) in [5.41, 5.74) is 14.9. The summed E-state index contributed by atoms with van der Waals surface area (Å²) in [5, 5.41) is 0. The van der Waals surface area contributed by atoms with Crippen molar-refractivity contribution in [2.45, 2.75) is 44.6 Å². The van der Waals surface area contributed by atoms with Crippen LogP contribution in [-0.2, 0) is 6.42 Å². The molecule has 2 nitrogen and oxygen atoms in total. The van der Waals surface area contributed by atoms with E-state index in [1.54, 1.807) is 0 Å². The summed E-state index contributed by atoms with van der Waals surface area (Å²) in [4.78, 5) is 0. The monoisotopic (exact) mass is 270 g/mol. The maximum absolute atomic E-state index is 6.64. The van der Waals surface area contributed by atoms with Gasteiger partial charge in [-0.2, -0.15) is 0 Å². The third-order valence-electron chi connectivity index (χ3n) is 6.30. The van der Waals surface area contributed by atoms with Gasteiger partial charge in [-0.15, -0.1) is 0 Å². The highest BCUT2D eigenvalue weighted by Crippen LogP contribution is 2.57. The van der Waals surface area contributed by atoms with Crippen LogP contribution in [0.2, 0.25) is 0 Å². The van der Waals surface area contributed by atoms with Crippen LogP contribution in [0.3, 0.4) is 0 Å². The second kappa shape index (κ2) is 4.77. The van der Waals surface area contributed by atoms with Crippen LogP contribution in [0.15, 0.2) is 24.3 Å². The maximum atomic E-state index is 6.64. The smallest absolute Gasteiger partial charge is 0.0347 e. The molecule has 2 heteroatoms. The Morgan fingerprint density at radius 1 is 0.950 bits per heavy atom. The fraction of sp³-hybridized carbons (Fsp3) is 0.667. The van der Waals surface area contributed by atoms with E-state index in [2.05, 4.69) is 12.1 Å². The van der Waals surface area contributed by atoms with E-state index in [-0.39, 0.29) is 0 Å². The molecule has 4 fully saturated rings. The lowest BCUT2D eigenvalue weighted by Crippen LogP contribution is -2.52. The van der Waals surface area contributed by atoms with E-state index in [1.807, 2.05) is 12.1 Å². The highest BCUT2D eigenvalue weighted by Gasteiger charge is 2.49. The molecular formula is C18H26N2. The SMILES string of the molecule is Nc1ccccc1CC(N)C1C2CC3CC(C2)CC1C3. The Labute approximate surface area is 121 Å². The number of nitrogen functional groups attached to an aromatic ring is 1. The Hall–Kier alpha value is -1.02. The van der Waals surface area contributed by atoms with Gasteiger partial charge < -0.3 is 11.5 Å². The number of rotatable bonds is 3. The fourth-order valence-corrected chi connectivity index (χ4v) is 5.78. The summed E-state index contributed by atoms with van der Waals surface area (Å²) in [6.45, 7) is 0. The van der Waals surface area contributed by atoms with E-state index >= 15 is 0 Å². The molecule has 1 aromatic rings. The molecule has 5 rings (SSSR count). The van der Waals surface area contributed by atoms with Crippen LogP contribution >= 0.6 is 0 Å². The van der Waals surface area contributed by atoms with Crippen molar-refractivity contribution >= 4 is 5.69 Å². The van der Waals surface area contributed by atoms with Crippen LogP contribution in [-0.4, -0.2) is 6.04 Å². The molecule has 0 aliphatic heterocycles. The van der Waals surface area contributed by atoms with E-state index in [0.717, 1.165) is 41.7 Å².